The van der Waals surface area contributed by atoms with E-state index in [1.165, 1.54) is 0 Å². The molecule has 0 radical (unpaired) electrons. The van der Waals surface area contributed by atoms with Crippen LogP contribution in [0.3, 0.4) is 0 Å². The van der Waals surface area contributed by atoms with E-state index in [0.717, 1.165) is 0 Å². The molecule has 16 heavy (non-hydrogen) atoms. The Labute approximate surface area is 97.8 Å². The summed E-state index contributed by atoms with van der Waals surface area (Å²) in [6.07, 6.45) is -8.28. The third-order valence-electron chi connectivity index (χ3n) is 1.75. The number of alkyl halides is 3. The van der Waals surface area contributed by atoms with Crippen LogP contribution in [0, 0.1) is 5.82 Å². The van der Waals surface area contributed by atoms with Crippen LogP contribution in [0.4, 0.5) is 17.6 Å². The fourth-order valence-electron chi connectivity index (χ4n) is 0.951. The molecule has 90 valence electrons. The van der Waals surface area contributed by atoms with E-state index in [1.807, 2.05) is 0 Å². The van der Waals surface area contributed by atoms with Crippen LogP contribution in [0.1, 0.15) is 5.56 Å². The van der Waals surface area contributed by atoms with E-state index in [2.05, 4.69) is 4.98 Å². The van der Waals surface area contributed by atoms with Gasteiger partial charge in [0.15, 0.2) is 17.1 Å². The molecule has 1 aromatic rings. The van der Waals surface area contributed by atoms with Crippen LogP contribution in [0.2, 0.25) is 10.3 Å². The molecular weight excluding hydrogens is 273 g/mol. The number of aromatic nitrogens is 1. The van der Waals surface area contributed by atoms with Gasteiger partial charge in [0.1, 0.15) is 5.15 Å². The van der Waals surface area contributed by atoms with Gasteiger partial charge < -0.3 is 5.11 Å². The fourth-order valence-corrected chi connectivity index (χ4v) is 1.35. The zero-order valence-electron chi connectivity index (χ0n) is 7.52. The van der Waals surface area contributed by atoms with E-state index >= 15 is 0 Å². The van der Waals surface area contributed by atoms with Crippen molar-refractivity contribution < 1.29 is 22.7 Å². The highest BCUT2D eigenvalue weighted by Gasteiger charge is 2.38. The predicted molar refractivity (Wildman–Crippen MR) is 50.0 cm³/mol. The highest BCUT2D eigenvalue weighted by molar-refractivity contribution is 6.32. The number of pyridine rings is 1. The first kappa shape index (κ1) is 13.5. The molecule has 0 aliphatic carbocycles. The van der Waals surface area contributed by atoms with Crippen molar-refractivity contribution in [3.8, 4) is 0 Å². The highest BCUT2D eigenvalue weighted by atomic mass is 35.5. The van der Waals surface area contributed by atoms with Gasteiger partial charge in [0, 0.05) is 6.42 Å². The van der Waals surface area contributed by atoms with Gasteiger partial charge in [-0.2, -0.15) is 13.2 Å². The summed E-state index contributed by atoms with van der Waals surface area (Å²) in [7, 11) is 0. The molecule has 0 amide bonds. The van der Waals surface area contributed by atoms with Crippen LogP contribution in [0.5, 0.6) is 0 Å². The molecule has 0 spiro atoms. The van der Waals surface area contributed by atoms with E-state index in [-0.39, 0.29) is 10.7 Å². The van der Waals surface area contributed by atoms with Crippen LogP contribution >= 0.6 is 23.2 Å². The van der Waals surface area contributed by atoms with Crippen molar-refractivity contribution in [2.24, 2.45) is 0 Å². The molecule has 1 heterocycles. The maximum atomic E-state index is 12.9. The Morgan fingerprint density at radius 1 is 1.31 bits per heavy atom. The predicted octanol–water partition coefficient (Wildman–Crippen LogP) is 2.99. The van der Waals surface area contributed by atoms with Crippen LogP contribution in [0.25, 0.3) is 0 Å². The Balaban J connectivity index is 2.94. The Bertz CT molecular complexity index is 396. The molecule has 8 heteroatoms. The lowest BCUT2D eigenvalue weighted by Crippen LogP contribution is -2.30. The summed E-state index contributed by atoms with van der Waals surface area (Å²) in [6.45, 7) is 0. The van der Waals surface area contributed by atoms with Crippen LogP contribution in [0.15, 0.2) is 6.07 Å². The van der Waals surface area contributed by atoms with Gasteiger partial charge in [-0.25, -0.2) is 9.37 Å². The lowest BCUT2D eigenvalue weighted by molar-refractivity contribution is -0.203. The van der Waals surface area contributed by atoms with Crippen molar-refractivity contribution in [2.45, 2.75) is 18.7 Å². The second-order valence-corrected chi connectivity index (χ2v) is 3.69. The second-order valence-electron chi connectivity index (χ2n) is 2.97. The van der Waals surface area contributed by atoms with E-state index < -0.39 is 29.7 Å². The Kier molecular flexibility index (Phi) is 3.98. The number of rotatable bonds is 2. The molecule has 0 aliphatic rings. The highest BCUT2D eigenvalue weighted by Crippen LogP contribution is 2.27. The van der Waals surface area contributed by atoms with Crippen molar-refractivity contribution >= 4 is 23.2 Å². The van der Waals surface area contributed by atoms with E-state index in [0.29, 0.717) is 6.07 Å². The summed E-state index contributed by atoms with van der Waals surface area (Å²) >= 11 is 10.7. The number of halogens is 6. The molecule has 0 saturated heterocycles. The van der Waals surface area contributed by atoms with Crippen molar-refractivity contribution in [3.63, 3.8) is 0 Å². The van der Waals surface area contributed by atoms with Gasteiger partial charge in [-0.3, -0.25) is 0 Å². The molecule has 0 saturated carbocycles. The van der Waals surface area contributed by atoms with Gasteiger partial charge in [-0.05, 0) is 11.6 Å². The Morgan fingerprint density at radius 3 is 2.38 bits per heavy atom. The Morgan fingerprint density at radius 2 is 1.88 bits per heavy atom. The number of aliphatic hydroxyl groups is 1. The van der Waals surface area contributed by atoms with Crippen LogP contribution in [-0.2, 0) is 6.42 Å². The minimum absolute atomic E-state index is 0.256. The van der Waals surface area contributed by atoms with Crippen molar-refractivity contribution in [1.29, 1.82) is 0 Å². The minimum Gasteiger partial charge on any atom is -0.383 e. The number of hydrogen-bond donors (Lipinski definition) is 1. The molecule has 1 atom stereocenters. The molecule has 0 aliphatic heterocycles. The normalized spacial score (nSPS) is 13.9. The number of hydrogen-bond acceptors (Lipinski definition) is 2. The van der Waals surface area contributed by atoms with Crippen LogP contribution in [-0.4, -0.2) is 22.4 Å². The fraction of sp³-hybridized carbons (Fsp3) is 0.375. The second kappa shape index (κ2) is 4.73. The average molecular weight is 278 g/mol. The average Bonchev–Trinajstić information content (AvgIpc) is 2.12. The number of aliphatic hydroxyl groups excluding tert-OH is 1. The van der Waals surface area contributed by atoms with E-state index in [1.54, 1.807) is 0 Å². The van der Waals surface area contributed by atoms with E-state index in [4.69, 9.17) is 28.3 Å². The van der Waals surface area contributed by atoms with Gasteiger partial charge in [-0.15, -0.1) is 0 Å². The first-order valence-electron chi connectivity index (χ1n) is 3.97. The summed E-state index contributed by atoms with van der Waals surface area (Å²) < 4.78 is 48.9. The summed E-state index contributed by atoms with van der Waals surface area (Å²) in [6, 6.07) is 0.715. The van der Waals surface area contributed by atoms with Crippen molar-refractivity contribution in [2.75, 3.05) is 0 Å². The van der Waals surface area contributed by atoms with Gasteiger partial charge in [0.25, 0.3) is 0 Å². The van der Waals surface area contributed by atoms with Gasteiger partial charge in [0.05, 0.1) is 0 Å². The maximum Gasteiger partial charge on any atom is 0.414 e. The molecular formula is C8H5Cl2F4NO. The SMILES string of the molecule is OC(Cc1cc(F)c(Cl)nc1Cl)C(F)(F)F. The lowest BCUT2D eigenvalue weighted by atomic mass is 10.1. The van der Waals surface area contributed by atoms with Crippen molar-refractivity contribution in [3.05, 3.63) is 27.8 Å². The third-order valence-corrected chi connectivity index (χ3v) is 2.34. The first-order chi connectivity index (χ1) is 7.21. The zero-order valence-corrected chi connectivity index (χ0v) is 9.04. The Hall–Kier alpha value is -0.590. The summed E-state index contributed by atoms with van der Waals surface area (Å²) in [4.78, 5) is 3.29. The van der Waals surface area contributed by atoms with Crippen molar-refractivity contribution in [1.82, 2.24) is 4.98 Å². The molecule has 1 rings (SSSR count). The molecule has 1 N–H and O–H groups in total. The summed E-state index contributed by atoms with van der Waals surface area (Å²) in [5, 5.41) is 7.86. The van der Waals surface area contributed by atoms with Crippen LogP contribution < -0.4 is 0 Å². The maximum absolute atomic E-state index is 12.9. The quantitative estimate of drug-likeness (QED) is 0.666. The molecule has 2 nitrogen and oxygen atoms in total. The van der Waals surface area contributed by atoms with Gasteiger partial charge >= 0.3 is 6.18 Å². The van der Waals surface area contributed by atoms with Gasteiger partial charge in [-0.1, -0.05) is 23.2 Å². The third kappa shape index (κ3) is 3.20. The molecule has 0 aromatic carbocycles. The molecule has 1 unspecified atom stereocenters. The molecule has 0 fully saturated rings. The summed E-state index contributed by atoms with van der Waals surface area (Å²) in [5.74, 6) is -0.990. The van der Waals surface area contributed by atoms with Gasteiger partial charge in [0.2, 0.25) is 0 Å². The minimum atomic E-state index is -4.79. The largest absolute Gasteiger partial charge is 0.414 e. The smallest absolute Gasteiger partial charge is 0.383 e. The number of nitrogens with zero attached hydrogens (tertiary/aromatic N) is 1. The van der Waals surface area contributed by atoms with E-state index in [9.17, 15) is 17.6 Å². The monoisotopic (exact) mass is 277 g/mol. The standard InChI is InChI=1S/C8H5Cl2F4NO/c9-6-3(1-4(11)7(10)15-6)2-5(16)8(12,13)14/h1,5,16H,2H2. The molecule has 1 aromatic heterocycles. The summed E-state index contributed by atoms with van der Waals surface area (Å²) in [5.41, 5.74) is -0.256. The lowest BCUT2D eigenvalue weighted by Gasteiger charge is -2.14. The zero-order chi connectivity index (χ0) is 12.5. The molecule has 0 bridgehead atoms. The topological polar surface area (TPSA) is 33.1 Å². The first-order valence-corrected chi connectivity index (χ1v) is 4.72.